The van der Waals surface area contributed by atoms with Gasteiger partial charge in [0, 0.05) is 56.8 Å². The highest BCUT2D eigenvalue weighted by molar-refractivity contribution is 5.88. The molecule has 60 heavy (non-hydrogen) atoms. The molecule has 0 aliphatic rings. The molecule has 0 aliphatic heterocycles. The molecule has 4 N–H and O–H groups in total. The Balaban J connectivity index is 1.88. The van der Waals surface area contributed by atoms with E-state index in [1.165, 1.54) is 101 Å². The van der Waals surface area contributed by atoms with Crippen LogP contribution in [0.5, 0.6) is 0 Å². The molecule has 2 aromatic carbocycles. The molecule has 0 aliphatic carbocycles. The molecule has 4 amide bonds. The normalized spacial score (nSPS) is 12.1. The van der Waals surface area contributed by atoms with Crippen LogP contribution in [0.25, 0.3) is 0 Å². The standard InChI is InChI=1S/C46H74N8O6/c1-5-7-9-11-13-15-17-19-21-23-43(55)49-37(3)45(57)47-33-35-53(41-29-25-39(26-30-41)51-52-40-27-31-42(32-28-40)54(59)60)36-34-48-46(58)38(4)50-44(56)24-22-20-18-16-14-12-10-8-6-2/h25-32,37-38H,5-24,33-36H2,1-4H3,(H,47,57)(H,48,58)(H,49,55)(H,50,56)/t37-,38-/m0/s1. The lowest BCUT2D eigenvalue weighted by molar-refractivity contribution is -0.384. The van der Waals surface area contributed by atoms with Gasteiger partial charge in [-0.25, -0.2) is 0 Å². The summed E-state index contributed by atoms with van der Waals surface area (Å²) in [6.07, 6.45) is 21.8. The number of amides is 4. The maximum atomic E-state index is 12.9. The highest BCUT2D eigenvalue weighted by atomic mass is 16.6. The van der Waals surface area contributed by atoms with E-state index in [0.29, 0.717) is 37.3 Å². The summed E-state index contributed by atoms with van der Waals surface area (Å²) in [5.41, 5.74) is 1.83. The summed E-state index contributed by atoms with van der Waals surface area (Å²) in [6, 6.07) is 11.7. The maximum absolute atomic E-state index is 12.9. The number of non-ortho nitro benzene ring substituents is 1. The number of nitrogens with zero attached hydrogens (tertiary/aromatic N) is 4. The van der Waals surface area contributed by atoms with E-state index in [2.05, 4.69) is 45.3 Å². The van der Waals surface area contributed by atoms with Crippen molar-refractivity contribution in [1.82, 2.24) is 21.3 Å². The Kier molecular flexibility index (Phi) is 27.3. The Morgan fingerprint density at radius 1 is 0.567 bits per heavy atom. The number of anilines is 1. The van der Waals surface area contributed by atoms with Crippen LogP contribution in [0, 0.1) is 10.1 Å². The van der Waals surface area contributed by atoms with E-state index in [-0.39, 0.29) is 42.4 Å². The molecule has 0 spiro atoms. The van der Waals surface area contributed by atoms with Gasteiger partial charge in [-0.1, -0.05) is 117 Å². The first-order valence-electron chi connectivity index (χ1n) is 22.7. The minimum Gasteiger partial charge on any atom is -0.368 e. The van der Waals surface area contributed by atoms with Gasteiger partial charge >= 0.3 is 0 Å². The Bertz CT molecular complexity index is 1490. The monoisotopic (exact) mass is 835 g/mol. The first-order valence-corrected chi connectivity index (χ1v) is 22.7. The molecule has 334 valence electrons. The molecule has 0 radical (unpaired) electrons. The molecular weight excluding hydrogens is 761 g/mol. The molecule has 0 saturated carbocycles. The van der Waals surface area contributed by atoms with Crippen LogP contribution in [0.2, 0.25) is 0 Å². The largest absolute Gasteiger partial charge is 0.368 e. The fourth-order valence-electron chi connectivity index (χ4n) is 6.74. The molecule has 0 aromatic heterocycles. The quantitative estimate of drug-likeness (QED) is 0.0234. The number of carbonyl (C=O) groups is 4. The van der Waals surface area contributed by atoms with Crippen molar-refractivity contribution in [3.05, 3.63) is 58.6 Å². The smallest absolute Gasteiger partial charge is 0.269 e. The number of hydrogen-bond acceptors (Lipinski definition) is 9. The topological polar surface area (TPSA) is 188 Å². The van der Waals surface area contributed by atoms with Gasteiger partial charge in [-0.3, -0.25) is 29.3 Å². The van der Waals surface area contributed by atoms with Crippen molar-refractivity contribution in [1.29, 1.82) is 0 Å². The maximum Gasteiger partial charge on any atom is 0.269 e. The van der Waals surface area contributed by atoms with E-state index in [1.807, 2.05) is 17.0 Å². The molecule has 0 heterocycles. The average molecular weight is 835 g/mol. The van der Waals surface area contributed by atoms with Gasteiger partial charge in [0.15, 0.2) is 0 Å². The summed E-state index contributed by atoms with van der Waals surface area (Å²) in [5, 5.41) is 30.9. The number of nitro benzene ring substituents is 1. The van der Waals surface area contributed by atoms with Gasteiger partial charge in [0.2, 0.25) is 23.6 Å². The number of azo groups is 1. The molecular formula is C46H74N8O6. The molecule has 2 aromatic rings. The van der Waals surface area contributed by atoms with Crippen LogP contribution in [-0.2, 0) is 19.2 Å². The third-order valence-corrected chi connectivity index (χ3v) is 10.5. The first kappa shape index (κ1) is 51.3. The zero-order valence-electron chi connectivity index (χ0n) is 37.0. The number of carbonyl (C=O) groups excluding carboxylic acids is 4. The molecule has 2 atom stereocenters. The molecule has 0 fully saturated rings. The first-order chi connectivity index (χ1) is 29.0. The number of nitrogens with one attached hydrogen (secondary N) is 4. The molecule has 14 heteroatoms. The fraction of sp³-hybridized carbons (Fsp3) is 0.652. The summed E-state index contributed by atoms with van der Waals surface area (Å²) in [5.74, 6) is -0.814. The van der Waals surface area contributed by atoms with Crippen molar-refractivity contribution in [3.63, 3.8) is 0 Å². The number of benzene rings is 2. The summed E-state index contributed by atoms with van der Waals surface area (Å²) in [7, 11) is 0. The van der Waals surface area contributed by atoms with E-state index in [4.69, 9.17) is 0 Å². The highest BCUT2D eigenvalue weighted by Crippen LogP contribution is 2.24. The second-order valence-electron chi connectivity index (χ2n) is 15.8. The minimum atomic E-state index is -0.679. The Morgan fingerprint density at radius 3 is 1.28 bits per heavy atom. The lowest BCUT2D eigenvalue weighted by Gasteiger charge is -2.26. The van der Waals surface area contributed by atoms with E-state index in [1.54, 1.807) is 26.0 Å². The Hall–Kier alpha value is -4.88. The Labute approximate surface area is 359 Å². The van der Waals surface area contributed by atoms with E-state index < -0.39 is 17.0 Å². The van der Waals surface area contributed by atoms with Crippen LogP contribution >= 0.6 is 0 Å². The third kappa shape index (κ3) is 23.6. The van der Waals surface area contributed by atoms with Crippen molar-refractivity contribution in [2.24, 2.45) is 10.2 Å². The second kappa shape index (κ2) is 32.0. The van der Waals surface area contributed by atoms with Crippen molar-refractivity contribution in [3.8, 4) is 0 Å². The third-order valence-electron chi connectivity index (χ3n) is 10.5. The highest BCUT2D eigenvalue weighted by Gasteiger charge is 2.18. The molecule has 2 rings (SSSR count). The predicted molar refractivity (Wildman–Crippen MR) is 241 cm³/mol. The molecule has 0 bridgehead atoms. The van der Waals surface area contributed by atoms with Crippen LogP contribution in [0.1, 0.15) is 156 Å². The average Bonchev–Trinajstić information content (AvgIpc) is 3.24. The zero-order chi connectivity index (χ0) is 43.8. The minimum absolute atomic E-state index is 0.0297. The zero-order valence-corrected chi connectivity index (χ0v) is 37.0. The summed E-state index contributed by atoms with van der Waals surface area (Å²) < 4.78 is 0. The van der Waals surface area contributed by atoms with Crippen LogP contribution < -0.4 is 26.2 Å². The van der Waals surface area contributed by atoms with Crippen LogP contribution in [0.15, 0.2) is 58.8 Å². The van der Waals surface area contributed by atoms with Gasteiger partial charge in [-0.15, -0.1) is 0 Å². The Morgan fingerprint density at radius 2 is 0.917 bits per heavy atom. The van der Waals surface area contributed by atoms with Crippen LogP contribution in [0.4, 0.5) is 22.7 Å². The van der Waals surface area contributed by atoms with Gasteiger partial charge in [0.25, 0.3) is 5.69 Å². The van der Waals surface area contributed by atoms with Gasteiger partial charge in [0.05, 0.1) is 16.3 Å². The lowest BCUT2D eigenvalue weighted by atomic mass is 10.1. The van der Waals surface area contributed by atoms with Crippen LogP contribution in [0.3, 0.4) is 0 Å². The van der Waals surface area contributed by atoms with Crippen molar-refractivity contribution < 1.29 is 24.1 Å². The van der Waals surface area contributed by atoms with Crippen molar-refractivity contribution in [2.45, 2.75) is 168 Å². The van der Waals surface area contributed by atoms with E-state index >= 15 is 0 Å². The van der Waals surface area contributed by atoms with E-state index in [9.17, 15) is 29.3 Å². The SMILES string of the molecule is CCCCCCCCCCCC(=O)N[C@@H](C)C(=O)NCCN(CCNC(=O)[C@H](C)NC(=O)CCCCCCCCCCC)c1ccc(N=Nc2ccc([N+](=O)[O-])cc2)cc1. The van der Waals surface area contributed by atoms with Gasteiger partial charge in [-0.2, -0.15) is 10.2 Å². The fourth-order valence-corrected chi connectivity index (χ4v) is 6.74. The van der Waals surface area contributed by atoms with Gasteiger partial charge in [0.1, 0.15) is 12.1 Å². The van der Waals surface area contributed by atoms with Crippen molar-refractivity contribution in [2.75, 3.05) is 31.1 Å². The van der Waals surface area contributed by atoms with Crippen LogP contribution in [-0.4, -0.2) is 66.8 Å². The molecule has 0 unspecified atom stereocenters. The molecule has 0 saturated heterocycles. The van der Waals surface area contributed by atoms with Crippen molar-refractivity contribution >= 4 is 46.4 Å². The number of nitro groups is 1. The summed E-state index contributed by atoms with van der Waals surface area (Å²) in [4.78, 5) is 63.4. The number of unbranched alkanes of at least 4 members (excludes halogenated alkanes) is 16. The summed E-state index contributed by atoms with van der Waals surface area (Å²) >= 11 is 0. The second-order valence-corrected chi connectivity index (χ2v) is 15.8. The predicted octanol–water partition coefficient (Wildman–Crippen LogP) is 9.90. The van der Waals surface area contributed by atoms with Gasteiger partial charge in [-0.05, 0) is 63.1 Å². The molecule has 14 nitrogen and oxygen atoms in total. The van der Waals surface area contributed by atoms with E-state index in [0.717, 1.165) is 44.2 Å². The number of rotatable bonds is 34. The lowest BCUT2D eigenvalue weighted by Crippen LogP contribution is -2.48. The van der Waals surface area contributed by atoms with Gasteiger partial charge < -0.3 is 26.2 Å². The summed E-state index contributed by atoms with van der Waals surface area (Å²) in [6.45, 7) is 9.19. The number of hydrogen-bond donors (Lipinski definition) is 4.